The summed E-state index contributed by atoms with van der Waals surface area (Å²) in [6, 6.07) is 18.2. The molecule has 0 aliphatic carbocycles. The van der Waals surface area contributed by atoms with Gasteiger partial charge in [-0.2, -0.15) is 4.31 Å². The molecule has 3 aromatic rings. The van der Waals surface area contributed by atoms with Gasteiger partial charge in [0.25, 0.3) is 0 Å². The predicted molar refractivity (Wildman–Crippen MR) is 124 cm³/mol. The second-order valence-corrected chi connectivity index (χ2v) is 9.71. The highest BCUT2D eigenvalue weighted by molar-refractivity contribution is 7.89. The summed E-state index contributed by atoms with van der Waals surface area (Å²) in [6.07, 6.45) is 6.02. The molecule has 0 radical (unpaired) electrons. The molecule has 0 atom stereocenters. The molecule has 6 nitrogen and oxygen atoms in total. The molecule has 32 heavy (non-hydrogen) atoms. The van der Waals surface area contributed by atoms with Gasteiger partial charge in [-0.25, -0.2) is 8.42 Å². The second-order valence-electron chi connectivity index (χ2n) is 7.77. The number of pyridine rings is 1. The number of rotatable bonds is 11. The number of carboxylic acids is 1. The van der Waals surface area contributed by atoms with Crippen molar-refractivity contribution in [3.63, 3.8) is 0 Å². The van der Waals surface area contributed by atoms with Crippen LogP contribution < -0.4 is 0 Å². The lowest BCUT2D eigenvalue weighted by Crippen LogP contribution is -2.30. The molecule has 1 heterocycles. The topological polar surface area (TPSA) is 87.6 Å². The van der Waals surface area contributed by atoms with Gasteiger partial charge in [0.05, 0.1) is 6.42 Å². The van der Waals surface area contributed by atoms with Gasteiger partial charge in [0.15, 0.2) is 0 Å². The van der Waals surface area contributed by atoms with Crippen LogP contribution in [0.3, 0.4) is 0 Å². The molecule has 0 aliphatic heterocycles. The summed E-state index contributed by atoms with van der Waals surface area (Å²) >= 11 is 0. The van der Waals surface area contributed by atoms with Gasteiger partial charge in [0, 0.05) is 25.5 Å². The van der Waals surface area contributed by atoms with Crippen LogP contribution in [0.1, 0.15) is 42.0 Å². The van der Waals surface area contributed by atoms with E-state index in [1.54, 1.807) is 24.3 Å². The molecule has 3 rings (SSSR count). The second kappa shape index (κ2) is 11.0. The molecular weight excluding hydrogens is 424 g/mol. The fourth-order valence-corrected chi connectivity index (χ4v) is 4.87. The molecule has 0 aliphatic rings. The van der Waals surface area contributed by atoms with Gasteiger partial charge in [-0.15, -0.1) is 0 Å². The monoisotopic (exact) mass is 452 g/mol. The Morgan fingerprint density at radius 2 is 1.62 bits per heavy atom. The SMILES string of the molecule is CCCCc1ccc(CN(Cc2cccc(CC(=O)O)c2)S(=O)(=O)c2cccnc2)cc1. The van der Waals surface area contributed by atoms with Crippen molar-refractivity contribution in [3.05, 3.63) is 95.3 Å². The van der Waals surface area contributed by atoms with Crippen LogP contribution in [0.25, 0.3) is 0 Å². The van der Waals surface area contributed by atoms with Gasteiger partial charge < -0.3 is 5.11 Å². The Balaban J connectivity index is 1.89. The third kappa shape index (κ3) is 6.48. The summed E-state index contributed by atoms with van der Waals surface area (Å²) in [4.78, 5) is 15.2. The number of hydrogen-bond acceptors (Lipinski definition) is 4. The largest absolute Gasteiger partial charge is 0.481 e. The van der Waals surface area contributed by atoms with Gasteiger partial charge >= 0.3 is 5.97 Å². The molecule has 0 spiro atoms. The van der Waals surface area contributed by atoms with Crippen LogP contribution in [0, 0.1) is 0 Å². The van der Waals surface area contributed by atoms with Crippen molar-refractivity contribution >= 4 is 16.0 Å². The fraction of sp³-hybridized carbons (Fsp3) is 0.280. The maximum absolute atomic E-state index is 13.4. The number of nitrogens with zero attached hydrogens (tertiary/aromatic N) is 2. The summed E-state index contributed by atoms with van der Waals surface area (Å²) in [5.41, 5.74) is 3.49. The lowest BCUT2D eigenvalue weighted by atomic mass is 10.1. The van der Waals surface area contributed by atoms with Crippen LogP contribution >= 0.6 is 0 Å². The van der Waals surface area contributed by atoms with Crippen LogP contribution in [0.15, 0.2) is 78.0 Å². The highest BCUT2D eigenvalue weighted by atomic mass is 32.2. The van der Waals surface area contributed by atoms with E-state index in [1.165, 1.54) is 28.3 Å². The molecule has 0 fully saturated rings. The zero-order valence-electron chi connectivity index (χ0n) is 18.1. The van der Waals surface area contributed by atoms with Gasteiger partial charge in [-0.3, -0.25) is 9.78 Å². The predicted octanol–water partition coefficient (Wildman–Crippen LogP) is 4.44. The third-order valence-corrected chi connectivity index (χ3v) is 6.95. The van der Waals surface area contributed by atoms with Gasteiger partial charge in [-0.1, -0.05) is 61.9 Å². The zero-order valence-corrected chi connectivity index (χ0v) is 19.0. The van der Waals surface area contributed by atoms with Crippen LogP contribution in [-0.2, 0) is 40.7 Å². The molecule has 0 saturated carbocycles. The van der Waals surface area contributed by atoms with E-state index in [0.29, 0.717) is 5.56 Å². The van der Waals surface area contributed by atoms with E-state index in [9.17, 15) is 13.2 Å². The number of aromatic nitrogens is 1. The Morgan fingerprint density at radius 3 is 2.28 bits per heavy atom. The van der Waals surface area contributed by atoms with Crippen LogP contribution in [-0.4, -0.2) is 28.8 Å². The van der Waals surface area contributed by atoms with Gasteiger partial charge in [-0.05, 0) is 47.2 Å². The number of carboxylic acid groups (broad SMARTS) is 1. The number of carbonyl (C=O) groups is 1. The number of unbranched alkanes of at least 4 members (excludes halogenated alkanes) is 1. The summed E-state index contributed by atoms with van der Waals surface area (Å²) in [6.45, 7) is 2.48. The zero-order chi connectivity index (χ0) is 23.0. The van der Waals surface area contributed by atoms with Gasteiger partial charge in [0.1, 0.15) is 4.90 Å². The number of aliphatic carboxylic acids is 1. The first kappa shape index (κ1) is 23.6. The maximum Gasteiger partial charge on any atom is 0.307 e. The van der Waals surface area contributed by atoms with E-state index in [2.05, 4.69) is 11.9 Å². The standard InChI is InChI=1S/C25H28N2O4S/c1-2-3-6-20-10-12-21(13-11-20)18-27(32(30,31)24-9-5-14-26-17-24)19-23-8-4-7-22(15-23)16-25(28)29/h4-5,7-15,17H,2-3,6,16,18-19H2,1H3,(H,28,29). The molecule has 1 N–H and O–H groups in total. The Labute approximate surface area is 189 Å². The number of sulfonamides is 1. The normalized spacial score (nSPS) is 11.6. The molecule has 0 saturated heterocycles. The molecule has 2 aromatic carbocycles. The number of benzene rings is 2. The minimum atomic E-state index is -3.80. The van der Waals surface area contributed by atoms with E-state index in [-0.39, 0.29) is 24.4 Å². The molecule has 0 unspecified atom stereocenters. The van der Waals surface area contributed by atoms with Crippen molar-refractivity contribution in [1.82, 2.24) is 9.29 Å². The van der Waals surface area contributed by atoms with Crippen LogP contribution in [0.2, 0.25) is 0 Å². The van der Waals surface area contributed by atoms with Crippen molar-refractivity contribution in [2.24, 2.45) is 0 Å². The number of hydrogen-bond donors (Lipinski definition) is 1. The Morgan fingerprint density at radius 1 is 0.938 bits per heavy atom. The minimum Gasteiger partial charge on any atom is -0.481 e. The van der Waals surface area contributed by atoms with Crippen molar-refractivity contribution in [3.8, 4) is 0 Å². The summed E-state index contributed by atoms with van der Waals surface area (Å²) in [5, 5.41) is 9.08. The highest BCUT2D eigenvalue weighted by Gasteiger charge is 2.25. The first-order valence-corrected chi connectivity index (χ1v) is 12.1. The fourth-order valence-electron chi connectivity index (χ4n) is 3.49. The lowest BCUT2D eigenvalue weighted by molar-refractivity contribution is -0.136. The molecule has 168 valence electrons. The van der Waals surface area contributed by atoms with E-state index in [1.807, 2.05) is 30.3 Å². The Hall–Kier alpha value is -3.03. The van der Waals surface area contributed by atoms with E-state index in [0.717, 1.165) is 30.4 Å². The molecule has 0 bridgehead atoms. The van der Waals surface area contributed by atoms with Gasteiger partial charge in [0.2, 0.25) is 10.0 Å². The summed E-state index contributed by atoms with van der Waals surface area (Å²) in [7, 11) is -3.80. The van der Waals surface area contributed by atoms with Crippen LogP contribution in [0.5, 0.6) is 0 Å². The Bertz CT molecular complexity index is 1130. The molecule has 0 amide bonds. The van der Waals surface area contributed by atoms with Crippen molar-refractivity contribution in [1.29, 1.82) is 0 Å². The molecular formula is C25H28N2O4S. The Kier molecular flexibility index (Phi) is 8.14. The third-order valence-electron chi connectivity index (χ3n) is 5.18. The smallest absolute Gasteiger partial charge is 0.307 e. The van der Waals surface area contributed by atoms with Crippen molar-refractivity contribution < 1.29 is 18.3 Å². The molecule has 7 heteroatoms. The van der Waals surface area contributed by atoms with Crippen molar-refractivity contribution in [2.45, 2.75) is 50.6 Å². The minimum absolute atomic E-state index is 0.109. The van der Waals surface area contributed by atoms with E-state index < -0.39 is 16.0 Å². The quantitative estimate of drug-likeness (QED) is 0.465. The maximum atomic E-state index is 13.4. The average Bonchev–Trinajstić information content (AvgIpc) is 2.78. The number of aryl methyl sites for hydroxylation is 1. The lowest BCUT2D eigenvalue weighted by Gasteiger charge is -2.23. The first-order valence-electron chi connectivity index (χ1n) is 10.7. The van der Waals surface area contributed by atoms with E-state index in [4.69, 9.17) is 5.11 Å². The van der Waals surface area contributed by atoms with Crippen LogP contribution in [0.4, 0.5) is 0 Å². The summed E-state index contributed by atoms with van der Waals surface area (Å²) in [5.74, 6) is -0.926. The van der Waals surface area contributed by atoms with Crippen molar-refractivity contribution in [2.75, 3.05) is 0 Å². The highest BCUT2D eigenvalue weighted by Crippen LogP contribution is 2.22. The molecule has 1 aromatic heterocycles. The first-order chi connectivity index (χ1) is 15.4. The average molecular weight is 453 g/mol. The summed E-state index contributed by atoms with van der Waals surface area (Å²) < 4.78 is 28.2. The van der Waals surface area contributed by atoms with E-state index >= 15 is 0 Å².